The van der Waals surface area contributed by atoms with Crippen molar-refractivity contribution in [3.63, 3.8) is 0 Å². The molecule has 0 rings (SSSR count). The van der Waals surface area contributed by atoms with E-state index in [1.165, 1.54) is 0 Å². The summed E-state index contributed by atoms with van der Waals surface area (Å²) in [4.78, 5) is 8.36. The second-order valence-corrected chi connectivity index (χ2v) is 0.238. The number of rotatable bonds is 0. The molecular weight excluding hydrogens is 193 g/mol. The van der Waals surface area contributed by atoms with E-state index in [-0.39, 0.29) is 31.3 Å². The Balaban J connectivity index is -0.0000000450. The van der Waals surface area contributed by atoms with E-state index in [4.69, 9.17) is 15.3 Å². The van der Waals surface area contributed by atoms with E-state index in [1.807, 2.05) is 0 Å². The Hall–Kier alpha value is 0.0301. The number of hydrogen-bond donors (Lipinski definition) is 1. The second kappa shape index (κ2) is 8.90. The van der Waals surface area contributed by atoms with Crippen molar-refractivity contribution in [1.82, 2.24) is 0 Å². The Bertz CT molecular complexity index is 30.5. The molecule has 0 aromatic carbocycles. The molecule has 0 aliphatic heterocycles. The predicted octanol–water partition coefficient (Wildman–Crippen LogP) is -2.36. The zero-order valence-electron chi connectivity index (χ0n) is 2.21. The van der Waals surface area contributed by atoms with Crippen LogP contribution in [0.5, 0.6) is 0 Å². The SMILES string of the molecule is O.O=[N+]([O-])O.[InH3]. The number of hydrogen-bond acceptors (Lipinski definition) is 2. The van der Waals surface area contributed by atoms with Gasteiger partial charge in [0.25, 0.3) is 5.09 Å². The third-order valence-electron chi connectivity index (χ3n) is 0. The summed E-state index contributed by atoms with van der Waals surface area (Å²) >= 11 is 0. The van der Waals surface area contributed by atoms with Crippen LogP contribution in [0.1, 0.15) is 0 Å². The zero-order valence-corrected chi connectivity index (χ0v) is 2.21. The molecule has 0 fully saturated rings. The molecule has 0 aromatic heterocycles. The van der Waals surface area contributed by atoms with Crippen molar-refractivity contribution in [2.45, 2.75) is 0 Å². The third-order valence-corrected chi connectivity index (χ3v) is 0. The van der Waals surface area contributed by atoms with Gasteiger partial charge in [0.1, 0.15) is 0 Å². The zero-order chi connectivity index (χ0) is 3.58. The first-order valence-corrected chi connectivity index (χ1v) is 0.565. The number of nitrogens with zero attached hydrogens (tertiary/aromatic N) is 1. The van der Waals surface area contributed by atoms with E-state index >= 15 is 0 Å². The van der Waals surface area contributed by atoms with Gasteiger partial charge >= 0.3 is 25.8 Å². The van der Waals surface area contributed by atoms with E-state index in [1.54, 1.807) is 0 Å². The van der Waals surface area contributed by atoms with Crippen molar-refractivity contribution < 1.29 is 15.8 Å². The van der Waals surface area contributed by atoms with E-state index < -0.39 is 5.09 Å². The van der Waals surface area contributed by atoms with Crippen LogP contribution in [0.15, 0.2) is 0 Å². The molecule has 0 aromatic rings. The van der Waals surface area contributed by atoms with E-state index in [0.717, 1.165) is 0 Å². The Kier molecular flexibility index (Phi) is 24.6. The third kappa shape index (κ3) is 40800. The summed E-state index contributed by atoms with van der Waals surface area (Å²) in [6.07, 6.45) is 0. The fourth-order valence-electron chi connectivity index (χ4n) is 0. The van der Waals surface area contributed by atoms with Crippen molar-refractivity contribution in [2.24, 2.45) is 0 Å². The van der Waals surface area contributed by atoms with E-state index in [9.17, 15) is 0 Å². The summed E-state index contributed by atoms with van der Waals surface area (Å²) in [5.41, 5.74) is 0. The summed E-state index contributed by atoms with van der Waals surface area (Å²) in [5.74, 6) is 0. The summed E-state index contributed by atoms with van der Waals surface area (Å²) in [7, 11) is 0. The molecule has 6 heteroatoms. The van der Waals surface area contributed by atoms with Crippen LogP contribution in [0, 0.1) is 10.1 Å². The van der Waals surface area contributed by atoms with Crippen LogP contribution in [0.25, 0.3) is 0 Å². The first kappa shape index (κ1) is 16.6. The van der Waals surface area contributed by atoms with Crippen molar-refractivity contribution in [2.75, 3.05) is 0 Å². The van der Waals surface area contributed by atoms with Crippen molar-refractivity contribution in [3.05, 3.63) is 10.1 Å². The molecule has 38 valence electrons. The molecule has 0 heterocycles. The summed E-state index contributed by atoms with van der Waals surface area (Å²) in [6.45, 7) is 0. The predicted molar refractivity (Wildman–Crippen MR) is 22.3 cm³/mol. The summed E-state index contributed by atoms with van der Waals surface area (Å²) < 4.78 is 0. The summed E-state index contributed by atoms with van der Waals surface area (Å²) in [6, 6.07) is 0. The Morgan fingerprint density at radius 1 is 1.67 bits per heavy atom. The monoisotopic (exact) mass is 199 g/mol. The maximum atomic E-state index is 8.36. The van der Waals surface area contributed by atoms with E-state index in [0.29, 0.717) is 0 Å². The van der Waals surface area contributed by atoms with Gasteiger partial charge in [-0.25, -0.2) is 0 Å². The fraction of sp³-hybridized carbons (Fsp3) is 0. The molecular formula is H6InNO4. The molecule has 0 aliphatic carbocycles. The van der Waals surface area contributed by atoms with Gasteiger partial charge in [-0.1, -0.05) is 0 Å². The van der Waals surface area contributed by atoms with Crippen LogP contribution in [0.2, 0.25) is 0 Å². The van der Waals surface area contributed by atoms with Gasteiger partial charge in [0.2, 0.25) is 0 Å². The maximum absolute atomic E-state index is 8.36. The van der Waals surface area contributed by atoms with Gasteiger partial charge < -0.3 is 10.7 Å². The van der Waals surface area contributed by atoms with Gasteiger partial charge in [-0.15, -0.1) is 10.1 Å². The molecule has 5 nitrogen and oxygen atoms in total. The van der Waals surface area contributed by atoms with Gasteiger partial charge in [0.05, 0.1) is 0 Å². The van der Waals surface area contributed by atoms with Gasteiger partial charge in [-0.3, -0.25) is 0 Å². The minimum atomic E-state index is -1.50. The second-order valence-electron chi connectivity index (χ2n) is 0.238. The molecule has 0 spiro atoms. The van der Waals surface area contributed by atoms with Crippen LogP contribution in [-0.4, -0.2) is 41.6 Å². The van der Waals surface area contributed by atoms with Crippen LogP contribution < -0.4 is 0 Å². The first-order valence-electron chi connectivity index (χ1n) is 0.565. The average molecular weight is 199 g/mol. The Morgan fingerprint density at radius 3 is 1.67 bits per heavy atom. The van der Waals surface area contributed by atoms with Gasteiger partial charge in [-0.2, -0.15) is 0 Å². The van der Waals surface area contributed by atoms with Crippen LogP contribution in [0.4, 0.5) is 0 Å². The Labute approximate surface area is 52.2 Å². The Morgan fingerprint density at radius 2 is 1.67 bits per heavy atom. The van der Waals surface area contributed by atoms with Crippen LogP contribution in [-0.2, 0) is 0 Å². The van der Waals surface area contributed by atoms with Crippen molar-refractivity contribution in [3.8, 4) is 0 Å². The summed E-state index contributed by atoms with van der Waals surface area (Å²) in [5, 5.41) is 13.6. The first-order chi connectivity index (χ1) is 1.73. The molecule has 0 unspecified atom stereocenters. The quantitative estimate of drug-likeness (QED) is 0.349. The fourth-order valence-corrected chi connectivity index (χ4v) is 0. The molecule has 0 amide bonds. The molecule has 3 N–H and O–H groups in total. The van der Waals surface area contributed by atoms with Crippen LogP contribution in [0.3, 0.4) is 0 Å². The van der Waals surface area contributed by atoms with Crippen molar-refractivity contribution in [1.29, 1.82) is 0 Å². The van der Waals surface area contributed by atoms with Crippen molar-refractivity contribution >= 4 is 25.8 Å². The van der Waals surface area contributed by atoms with E-state index in [2.05, 4.69) is 0 Å². The van der Waals surface area contributed by atoms with Crippen LogP contribution >= 0.6 is 0 Å². The molecule has 0 saturated carbocycles. The normalized spacial score (nSPS) is 4.00. The van der Waals surface area contributed by atoms with Gasteiger partial charge in [0.15, 0.2) is 0 Å². The molecule has 0 radical (unpaired) electrons. The minimum absolute atomic E-state index is 0. The molecule has 0 aliphatic rings. The molecule has 0 atom stereocenters. The molecule has 0 saturated heterocycles. The average Bonchev–Trinajstić information content (AvgIpc) is 0.811. The van der Waals surface area contributed by atoms with Gasteiger partial charge in [-0.05, 0) is 0 Å². The van der Waals surface area contributed by atoms with Gasteiger partial charge in [0, 0.05) is 0 Å². The molecule has 0 bridgehead atoms. The topological polar surface area (TPSA) is 94.9 Å². The standard InChI is InChI=1S/In.HNO3.H2O.3H/c;2-1(3)4;;;;/h;(H,2,3,4);1H2;;;. The molecule has 6 heavy (non-hydrogen) atoms.